The Hall–Kier alpha value is -1.26. The van der Waals surface area contributed by atoms with Gasteiger partial charge in [0.15, 0.2) is 0 Å². The quantitative estimate of drug-likeness (QED) is 0.737. The minimum absolute atomic E-state index is 0.113. The van der Waals surface area contributed by atoms with Crippen molar-refractivity contribution in [3.8, 4) is 5.75 Å². The molecule has 0 aliphatic carbocycles. The van der Waals surface area contributed by atoms with Crippen LogP contribution in [-0.4, -0.2) is 17.8 Å². The lowest BCUT2D eigenvalue weighted by Crippen LogP contribution is -2.31. The highest BCUT2D eigenvalue weighted by molar-refractivity contribution is 6.35. The van der Waals surface area contributed by atoms with Crippen molar-refractivity contribution in [2.24, 2.45) is 0 Å². The van der Waals surface area contributed by atoms with E-state index in [9.17, 15) is 5.11 Å². The Kier molecular flexibility index (Phi) is 7.18. The van der Waals surface area contributed by atoms with Gasteiger partial charge in [-0.05, 0) is 36.2 Å². The molecule has 0 fully saturated rings. The maximum Gasteiger partial charge on any atom is 0.120 e. The average molecular weight is 354 g/mol. The molecule has 124 valence electrons. The first-order valence-corrected chi connectivity index (χ1v) is 8.38. The summed E-state index contributed by atoms with van der Waals surface area (Å²) in [5, 5.41) is 13.7. The Bertz CT molecular complexity index is 610. The summed E-state index contributed by atoms with van der Waals surface area (Å²) in [6, 6.07) is 13.4. The van der Waals surface area contributed by atoms with Gasteiger partial charge >= 0.3 is 0 Å². The van der Waals surface area contributed by atoms with Crippen molar-refractivity contribution in [1.29, 1.82) is 0 Å². The van der Waals surface area contributed by atoms with E-state index in [1.807, 2.05) is 37.3 Å². The van der Waals surface area contributed by atoms with Gasteiger partial charge in [0.05, 0.1) is 6.61 Å². The summed E-state index contributed by atoms with van der Waals surface area (Å²) in [7, 11) is 0. The van der Waals surface area contributed by atoms with Gasteiger partial charge in [-0.25, -0.2) is 0 Å². The molecule has 0 bridgehead atoms. The van der Waals surface area contributed by atoms with E-state index < -0.39 is 0 Å². The first-order valence-electron chi connectivity index (χ1n) is 7.63. The van der Waals surface area contributed by atoms with Crippen LogP contribution in [0, 0.1) is 0 Å². The molecule has 23 heavy (non-hydrogen) atoms. The molecular weight excluding hydrogens is 333 g/mol. The van der Waals surface area contributed by atoms with Crippen LogP contribution in [0.25, 0.3) is 0 Å². The van der Waals surface area contributed by atoms with E-state index in [0.29, 0.717) is 23.2 Å². The zero-order valence-corrected chi connectivity index (χ0v) is 14.6. The Labute approximate surface area is 147 Å². The standard InChI is InChI=1S/C18H21Cl2NO2/c1-2-14(11-22)21-10-13-5-3-6-15(9-13)23-12-16-17(19)7-4-8-18(16)20/h3-9,14,21-22H,2,10-12H2,1H3. The van der Waals surface area contributed by atoms with Crippen LogP contribution in [0.4, 0.5) is 0 Å². The predicted octanol–water partition coefficient (Wildman–Crippen LogP) is 4.43. The molecule has 0 radical (unpaired) electrons. The Morgan fingerprint density at radius 3 is 2.48 bits per heavy atom. The van der Waals surface area contributed by atoms with Crippen LogP contribution in [0.3, 0.4) is 0 Å². The molecule has 2 rings (SSSR count). The predicted molar refractivity (Wildman–Crippen MR) is 95.2 cm³/mol. The highest BCUT2D eigenvalue weighted by atomic mass is 35.5. The molecule has 0 aliphatic heterocycles. The Balaban J connectivity index is 1.97. The molecule has 3 nitrogen and oxygen atoms in total. The molecule has 0 saturated heterocycles. The number of rotatable bonds is 8. The molecule has 5 heteroatoms. The summed E-state index contributed by atoms with van der Waals surface area (Å²) in [4.78, 5) is 0. The van der Waals surface area contributed by atoms with Crippen molar-refractivity contribution in [2.75, 3.05) is 6.61 Å². The number of nitrogens with one attached hydrogen (secondary N) is 1. The molecule has 2 aromatic rings. The summed E-state index contributed by atoms with van der Waals surface area (Å²) in [5.41, 5.74) is 1.88. The van der Waals surface area contributed by atoms with Crippen LogP contribution in [0.5, 0.6) is 5.75 Å². The van der Waals surface area contributed by atoms with Gasteiger partial charge < -0.3 is 15.2 Å². The van der Waals surface area contributed by atoms with E-state index in [2.05, 4.69) is 5.32 Å². The number of ether oxygens (including phenoxy) is 1. The van der Waals surface area contributed by atoms with Gasteiger partial charge in [-0.2, -0.15) is 0 Å². The highest BCUT2D eigenvalue weighted by Gasteiger charge is 2.07. The normalized spacial score (nSPS) is 12.2. The number of benzene rings is 2. The fourth-order valence-corrected chi connectivity index (χ4v) is 2.68. The van der Waals surface area contributed by atoms with Gasteiger partial charge in [-0.15, -0.1) is 0 Å². The first kappa shape index (κ1) is 18.1. The lowest BCUT2D eigenvalue weighted by molar-refractivity contribution is 0.238. The van der Waals surface area contributed by atoms with E-state index >= 15 is 0 Å². The van der Waals surface area contributed by atoms with Crippen LogP contribution in [0.1, 0.15) is 24.5 Å². The maximum absolute atomic E-state index is 9.21. The molecule has 2 N–H and O–H groups in total. The minimum Gasteiger partial charge on any atom is -0.489 e. The second-order valence-electron chi connectivity index (χ2n) is 5.30. The molecule has 0 aliphatic rings. The molecule has 0 aromatic heterocycles. The largest absolute Gasteiger partial charge is 0.489 e. The van der Waals surface area contributed by atoms with Gasteiger partial charge in [0.2, 0.25) is 0 Å². The Morgan fingerprint density at radius 1 is 1.13 bits per heavy atom. The topological polar surface area (TPSA) is 41.5 Å². The van der Waals surface area contributed by atoms with Gasteiger partial charge in [-0.3, -0.25) is 0 Å². The van der Waals surface area contributed by atoms with Crippen LogP contribution in [-0.2, 0) is 13.2 Å². The van der Waals surface area contributed by atoms with E-state index in [1.54, 1.807) is 12.1 Å². The average Bonchev–Trinajstić information content (AvgIpc) is 2.56. The summed E-state index contributed by atoms with van der Waals surface area (Å²) < 4.78 is 5.81. The first-order chi connectivity index (χ1) is 11.1. The molecule has 2 aromatic carbocycles. The number of hydrogen-bond acceptors (Lipinski definition) is 3. The van der Waals surface area contributed by atoms with Crippen molar-refractivity contribution < 1.29 is 9.84 Å². The number of hydrogen-bond donors (Lipinski definition) is 2. The van der Waals surface area contributed by atoms with Gasteiger partial charge in [-0.1, -0.05) is 48.3 Å². The number of aliphatic hydroxyl groups is 1. The summed E-state index contributed by atoms with van der Waals surface area (Å²) in [5.74, 6) is 0.761. The fraction of sp³-hybridized carbons (Fsp3) is 0.333. The second-order valence-corrected chi connectivity index (χ2v) is 6.12. The third-order valence-electron chi connectivity index (χ3n) is 3.65. The Morgan fingerprint density at radius 2 is 1.83 bits per heavy atom. The summed E-state index contributed by atoms with van der Waals surface area (Å²) >= 11 is 12.3. The van der Waals surface area contributed by atoms with Crippen molar-refractivity contribution >= 4 is 23.2 Å². The molecule has 1 atom stereocenters. The highest BCUT2D eigenvalue weighted by Crippen LogP contribution is 2.26. The molecule has 0 spiro atoms. The molecule has 0 heterocycles. The smallest absolute Gasteiger partial charge is 0.120 e. The van der Waals surface area contributed by atoms with Gasteiger partial charge in [0.1, 0.15) is 12.4 Å². The third kappa shape index (κ3) is 5.40. The lowest BCUT2D eigenvalue weighted by atomic mass is 10.2. The van der Waals surface area contributed by atoms with E-state index in [-0.39, 0.29) is 12.6 Å². The van der Waals surface area contributed by atoms with Crippen molar-refractivity contribution in [3.63, 3.8) is 0 Å². The van der Waals surface area contributed by atoms with E-state index in [0.717, 1.165) is 23.3 Å². The molecule has 0 saturated carbocycles. The maximum atomic E-state index is 9.21. The van der Waals surface area contributed by atoms with Crippen molar-refractivity contribution in [3.05, 3.63) is 63.6 Å². The lowest BCUT2D eigenvalue weighted by Gasteiger charge is -2.15. The van der Waals surface area contributed by atoms with E-state index in [1.165, 1.54) is 0 Å². The van der Waals surface area contributed by atoms with Crippen molar-refractivity contribution in [2.45, 2.75) is 32.5 Å². The monoisotopic (exact) mass is 353 g/mol. The van der Waals surface area contributed by atoms with Crippen LogP contribution in [0.15, 0.2) is 42.5 Å². The van der Waals surface area contributed by atoms with Crippen LogP contribution < -0.4 is 10.1 Å². The summed E-state index contributed by atoms with van der Waals surface area (Å²) in [6.07, 6.45) is 0.887. The van der Waals surface area contributed by atoms with Crippen LogP contribution in [0.2, 0.25) is 10.0 Å². The molecule has 1 unspecified atom stereocenters. The van der Waals surface area contributed by atoms with Crippen molar-refractivity contribution in [1.82, 2.24) is 5.32 Å². The number of halogens is 2. The SMILES string of the molecule is CCC(CO)NCc1cccc(OCc2c(Cl)cccc2Cl)c1. The minimum atomic E-state index is 0.113. The second kappa shape index (κ2) is 9.14. The number of aliphatic hydroxyl groups excluding tert-OH is 1. The van der Waals surface area contributed by atoms with Crippen LogP contribution >= 0.6 is 23.2 Å². The molecule has 0 amide bonds. The van der Waals surface area contributed by atoms with Gasteiger partial charge in [0, 0.05) is 28.2 Å². The fourth-order valence-electron chi connectivity index (χ4n) is 2.17. The van der Waals surface area contributed by atoms with Gasteiger partial charge in [0.25, 0.3) is 0 Å². The third-order valence-corrected chi connectivity index (χ3v) is 4.36. The zero-order valence-electron chi connectivity index (χ0n) is 13.1. The molecular formula is C18H21Cl2NO2. The zero-order chi connectivity index (χ0) is 16.7. The van der Waals surface area contributed by atoms with E-state index in [4.69, 9.17) is 27.9 Å². The summed E-state index contributed by atoms with van der Waals surface area (Å²) in [6.45, 7) is 3.19.